The van der Waals surface area contributed by atoms with Crippen LogP contribution in [0.4, 0.5) is 0 Å². The summed E-state index contributed by atoms with van der Waals surface area (Å²) in [5.74, 6) is -0.426. The summed E-state index contributed by atoms with van der Waals surface area (Å²) in [5, 5.41) is 17.5. The molecule has 2 aliphatic rings. The second-order valence-corrected chi connectivity index (χ2v) is 8.47. The van der Waals surface area contributed by atoms with Crippen molar-refractivity contribution in [1.82, 2.24) is 19.9 Å². The molecule has 0 spiro atoms. The summed E-state index contributed by atoms with van der Waals surface area (Å²) in [6, 6.07) is 0. The molecule has 2 aromatic heterocycles. The molecule has 2 atom stereocenters. The molecule has 0 radical (unpaired) electrons. The van der Waals surface area contributed by atoms with Gasteiger partial charge in [0.15, 0.2) is 23.1 Å². The van der Waals surface area contributed by atoms with Gasteiger partial charge in [-0.1, -0.05) is 0 Å². The Kier molecular flexibility index (Phi) is 10.4. The van der Waals surface area contributed by atoms with Crippen molar-refractivity contribution < 1.29 is 33.9 Å². The van der Waals surface area contributed by atoms with E-state index in [2.05, 4.69) is 19.9 Å². The molecule has 184 valence electrons. The van der Waals surface area contributed by atoms with Crippen LogP contribution >= 0.6 is 23.2 Å². The Hall–Kier alpha value is -1.86. The molecule has 0 bridgehead atoms. The van der Waals surface area contributed by atoms with E-state index in [1.54, 1.807) is 0 Å². The molecule has 33 heavy (non-hydrogen) atoms. The highest BCUT2D eigenvalue weighted by Gasteiger charge is 2.33. The zero-order chi connectivity index (χ0) is 24.5. The van der Waals surface area contributed by atoms with Gasteiger partial charge in [0.1, 0.15) is 18.8 Å². The second-order valence-electron chi connectivity index (χ2n) is 7.79. The van der Waals surface area contributed by atoms with Crippen molar-refractivity contribution in [1.29, 1.82) is 0 Å². The van der Waals surface area contributed by atoms with Gasteiger partial charge in [-0.15, -0.1) is 0 Å². The first-order valence-electron chi connectivity index (χ1n) is 9.99. The maximum absolute atomic E-state index is 8.59. The second kappa shape index (κ2) is 12.6. The average Bonchev–Trinajstić information content (AvgIpc) is 3.31. The fraction of sp³-hybridized carbons (Fsp3) is 0.600. The van der Waals surface area contributed by atoms with Crippen molar-refractivity contribution >= 4 is 23.2 Å². The summed E-state index contributed by atoms with van der Waals surface area (Å²) in [5.41, 5.74) is 0. The number of halogens is 2. The van der Waals surface area contributed by atoms with Gasteiger partial charge in [0.25, 0.3) is 0 Å². The summed E-state index contributed by atoms with van der Waals surface area (Å²) >= 11 is 10.8. The van der Waals surface area contributed by atoms with Gasteiger partial charge >= 0.3 is 0 Å². The first-order chi connectivity index (χ1) is 15.5. The molecule has 4 heterocycles. The van der Waals surface area contributed by atoms with Crippen LogP contribution < -0.4 is 4.74 Å². The SMILES string of the molecule is CC1(C)OC[C@H](CO)O1.CC1(C)OC[C@H](COc2cnc(Cl)nc2)O1.Oc1cnc(Cl)nc1. The standard InChI is InChI=1S/C10H13ClN2O3.C6H12O3.C4H3ClN2O/c1-10(2)15-6-8(16-10)5-14-7-3-12-9(11)13-4-7;1-6(2)8-4-5(3-7)9-6;5-4-6-1-3(8)2-7-4/h3-4,8H,5-6H2,1-2H3;5,7H,3-4H2,1-2H3;1-2,8H/t8-;5-;/m00./s1. The smallest absolute Gasteiger partial charge is 0.222 e. The Morgan fingerprint density at radius 3 is 1.70 bits per heavy atom. The average molecular weight is 507 g/mol. The lowest BCUT2D eigenvalue weighted by Gasteiger charge is -2.17. The van der Waals surface area contributed by atoms with Gasteiger partial charge in [-0.3, -0.25) is 0 Å². The van der Waals surface area contributed by atoms with E-state index >= 15 is 0 Å². The van der Waals surface area contributed by atoms with Crippen LogP contribution in [0.3, 0.4) is 0 Å². The Balaban J connectivity index is 0.000000192. The van der Waals surface area contributed by atoms with E-state index < -0.39 is 11.6 Å². The fourth-order valence-corrected chi connectivity index (χ4v) is 2.76. The maximum atomic E-state index is 8.59. The Bertz CT molecular complexity index is 820. The lowest BCUT2D eigenvalue weighted by atomic mass is 10.4. The van der Waals surface area contributed by atoms with Crippen LogP contribution in [0.5, 0.6) is 11.5 Å². The lowest BCUT2D eigenvalue weighted by Crippen LogP contribution is -2.25. The highest BCUT2D eigenvalue weighted by molar-refractivity contribution is 6.28. The lowest BCUT2D eigenvalue weighted by molar-refractivity contribution is -0.142. The molecular weight excluding hydrogens is 479 g/mol. The number of aliphatic hydroxyl groups excluding tert-OH is 1. The van der Waals surface area contributed by atoms with Crippen molar-refractivity contribution in [3.63, 3.8) is 0 Å². The normalized spacial score (nSPS) is 22.5. The van der Waals surface area contributed by atoms with Crippen LogP contribution in [0, 0.1) is 0 Å². The molecule has 2 aliphatic heterocycles. The molecule has 2 saturated heterocycles. The number of nitrogens with zero attached hydrogens (tertiary/aromatic N) is 4. The predicted molar refractivity (Wildman–Crippen MR) is 118 cm³/mol. The number of rotatable bonds is 4. The highest BCUT2D eigenvalue weighted by Crippen LogP contribution is 2.23. The molecule has 4 rings (SSSR count). The first-order valence-corrected chi connectivity index (χ1v) is 10.7. The van der Waals surface area contributed by atoms with E-state index in [-0.39, 0.29) is 35.1 Å². The molecule has 0 unspecified atom stereocenters. The van der Waals surface area contributed by atoms with Crippen molar-refractivity contribution in [3.8, 4) is 11.5 Å². The minimum absolute atomic E-state index is 0.0226. The summed E-state index contributed by atoms with van der Waals surface area (Å²) in [6.07, 6.45) is 5.32. The fourth-order valence-electron chi connectivity index (χ4n) is 2.57. The molecule has 13 heteroatoms. The van der Waals surface area contributed by atoms with E-state index in [9.17, 15) is 0 Å². The highest BCUT2D eigenvalue weighted by atomic mass is 35.5. The zero-order valence-corrected chi connectivity index (χ0v) is 20.3. The third-order valence-electron chi connectivity index (χ3n) is 3.98. The van der Waals surface area contributed by atoms with E-state index in [1.165, 1.54) is 24.8 Å². The van der Waals surface area contributed by atoms with Gasteiger partial charge < -0.3 is 33.9 Å². The number of aromatic nitrogens is 4. The maximum Gasteiger partial charge on any atom is 0.222 e. The zero-order valence-electron chi connectivity index (χ0n) is 18.8. The van der Waals surface area contributed by atoms with Gasteiger partial charge in [-0.05, 0) is 50.9 Å². The van der Waals surface area contributed by atoms with Gasteiger partial charge in [0, 0.05) is 0 Å². The Morgan fingerprint density at radius 2 is 1.33 bits per heavy atom. The monoisotopic (exact) mass is 506 g/mol. The van der Waals surface area contributed by atoms with E-state index in [4.69, 9.17) is 57.1 Å². The van der Waals surface area contributed by atoms with E-state index in [1.807, 2.05) is 27.7 Å². The van der Waals surface area contributed by atoms with Gasteiger partial charge in [0.2, 0.25) is 10.6 Å². The molecule has 2 fully saturated rings. The molecule has 2 N–H and O–H groups in total. The Morgan fingerprint density at radius 1 is 0.879 bits per heavy atom. The molecule has 0 aromatic carbocycles. The summed E-state index contributed by atoms with van der Waals surface area (Å²) < 4.78 is 26.8. The van der Waals surface area contributed by atoms with Crippen molar-refractivity contribution in [2.45, 2.75) is 51.5 Å². The van der Waals surface area contributed by atoms with Gasteiger partial charge in [-0.2, -0.15) is 0 Å². The number of ether oxygens (including phenoxy) is 5. The van der Waals surface area contributed by atoms with Crippen molar-refractivity contribution in [3.05, 3.63) is 35.4 Å². The topological polar surface area (TPSA) is 138 Å². The number of aliphatic hydroxyl groups is 1. The van der Waals surface area contributed by atoms with Crippen molar-refractivity contribution in [2.75, 3.05) is 26.4 Å². The third kappa shape index (κ3) is 10.7. The minimum Gasteiger partial charge on any atom is -0.505 e. The largest absolute Gasteiger partial charge is 0.505 e. The molecule has 0 aliphatic carbocycles. The van der Waals surface area contributed by atoms with Gasteiger partial charge in [0.05, 0.1) is 44.6 Å². The summed E-state index contributed by atoms with van der Waals surface area (Å²) in [4.78, 5) is 14.6. The molecular formula is C20H28Cl2N4O7. The van der Waals surface area contributed by atoms with Crippen LogP contribution in [0.2, 0.25) is 10.6 Å². The first kappa shape index (κ1) is 27.4. The van der Waals surface area contributed by atoms with E-state index in [0.717, 1.165) is 0 Å². The molecule has 0 amide bonds. The van der Waals surface area contributed by atoms with E-state index in [0.29, 0.717) is 25.6 Å². The third-order valence-corrected chi connectivity index (χ3v) is 4.37. The van der Waals surface area contributed by atoms with Crippen LogP contribution in [0.1, 0.15) is 27.7 Å². The Labute approximate surface area is 202 Å². The van der Waals surface area contributed by atoms with Crippen LogP contribution in [-0.2, 0) is 18.9 Å². The number of aromatic hydroxyl groups is 1. The molecule has 2 aromatic rings. The van der Waals surface area contributed by atoms with Crippen LogP contribution in [0.25, 0.3) is 0 Å². The van der Waals surface area contributed by atoms with Crippen LogP contribution in [0.15, 0.2) is 24.8 Å². The number of hydrogen-bond acceptors (Lipinski definition) is 11. The quantitative estimate of drug-likeness (QED) is 0.591. The number of hydrogen-bond donors (Lipinski definition) is 2. The predicted octanol–water partition coefficient (Wildman–Crippen LogP) is 2.63. The van der Waals surface area contributed by atoms with Crippen molar-refractivity contribution in [2.24, 2.45) is 0 Å². The van der Waals surface area contributed by atoms with Gasteiger partial charge in [-0.25, -0.2) is 19.9 Å². The minimum atomic E-state index is -0.523. The summed E-state index contributed by atoms with van der Waals surface area (Å²) in [6.45, 7) is 8.91. The van der Waals surface area contributed by atoms with Crippen LogP contribution in [-0.4, -0.2) is 80.4 Å². The molecule has 11 nitrogen and oxygen atoms in total. The summed E-state index contributed by atoms with van der Waals surface area (Å²) in [7, 11) is 0. The molecule has 0 saturated carbocycles.